The molecule has 1 atom stereocenters. The first-order valence-corrected chi connectivity index (χ1v) is 5.19. The molecular formula is C11H12ClNO2. The Morgan fingerprint density at radius 3 is 3.00 bits per heavy atom. The first-order chi connectivity index (χ1) is 7.09. The second-order valence-electron chi connectivity index (χ2n) is 3.67. The number of carbonyl (C=O) groups is 1. The third-order valence-corrected chi connectivity index (χ3v) is 2.76. The Morgan fingerprint density at radius 1 is 1.53 bits per heavy atom. The molecule has 0 N–H and O–H groups in total. The van der Waals surface area contributed by atoms with Gasteiger partial charge >= 0.3 is 0 Å². The summed E-state index contributed by atoms with van der Waals surface area (Å²) in [5.74, 6) is 0.642. The van der Waals surface area contributed by atoms with Gasteiger partial charge in [0, 0.05) is 7.05 Å². The molecule has 1 aromatic carbocycles. The van der Waals surface area contributed by atoms with Crippen molar-refractivity contribution in [2.45, 2.75) is 19.4 Å². The van der Waals surface area contributed by atoms with Gasteiger partial charge < -0.3 is 9.64 Å². The van der Waals surface area contributed by atoms with Gasteiger partial charge in [-0.05, 0) is 19.1 Å². The lowest BCUT2D eigenvalue weighted by atomic mass is 10.2. The first kappa shape index (κ1) is 10.3. The van der Waals surface area contributed by atoms with E-state index in [1.54, 1.807) is 18.0 Å². The predicted molar refractivity (Wildman–Crippen MR) is 59.6 cm³/mol. The van der Waals surface area contributed by atoms with Crippen LogP contribution in [0.4, 0.5) is 5.69 Å². The van der Waals surface area contributed by atoms with Crippen LogP contribution in [0.3, 0.4) is 0 Å². The van der Waals surface area contributed by atoms with Gasteiger partial charge in [0.25, 0.3) is 0 Å². The maximum atomic E-state index is 11.7. The van der Waals surface area contributed by atoms with E-state index in [0.29, 0.717) is 17.2 Å². The molecule has 0 saturated carbocycles. The van der Waals surface area contributed by atoms with Crippen LogP contribution in [-0.2, 0) is 4.79 Å². The Balaban J connectivity index is 2.54. The largest absolute Gasteiger partial charge is 0.486 e. The zero-order chi connectivity index (χ0) is 11.0. The molecule has 0 radical (unpaired) electrons. The summed E-state index contributed by atoms with van der Waals surface area (Å²) in [6.07, 6.45) is 0.239. The number of rotatable bonds is 0. The van der Waals surface area contributed by atoms with Gasteiger partial charge in [-0.1, -0.05) is 17.7 Å². The van der Waals surface area contributed by atoms with Crippen LogP contribution in [0.25, 0.3) is 0 Å². The number of hydrogen-bond donors (Lipinski definition) is 0. The lowest BCUT2D eigenvalue weighted by molar-refractivity contribution is -0.119. The number of nitrogens with zero attached hydrogens (tertiary/aromatic N) is 1. The van der Waals surface area contributed by atoms with Crippen molar-refractivity contribution >= 4 is 23.2 Å². The van der Waals surface area contributed by atoms with E-state index in [2.05, 4.69) is 0 Å². The van der Waals surface area contributed by atoms with Crippen LogP contribution < -0.4 is 9.64 Å². The van der Waals surface area contributed by atoms with Gasteiger partial charge in [0.05, 0.1) is 17.1 Å². The van der Waals surface area contributed by atoms with Crippen molar-refractivity contribution in [1.82, 2.24) is 0 Å². The van der Waals surface area contributed by atoms with Crippen LogP contribution in [0, 0.1) is 0 Å². The van der Waals surface area contributed by atoms with Crippen molar-refractivity contribution in [1.29, 1.82) is 0 Å². The highest BCUT2D eigenvalue weighted by Crippen LogP contribution is 2.38. The molecule has 1 amide bonds. The van der Waals surface area contributed by atoms with Gasteiger partial charge in [-0.25, -0.2) is 0 Å². The molecule has 0 aliphatic carbocycles. The number of carbonyl (C=O) groups excluding carboxylic acids is 1. The number of anilines is 1. The number of halogens is 1. The van der Waals surface area contributed by atoms with Crippen LogP contribution in [0.5, 0.6) is 5.75 Å². The van der Waals surface area contributed by atoms with Crippen molar-refractivity contribution in [3.05, 3.63) is 23.2 Å². The molecule has 0 saturated heterocycles. The Bertz CT molecular complexity index is 406. The minimum absolute atomic E-state index is 0.0449. The number of ether oxygens (including phenoxy) is 1. The quantitative estimate of drug-likeness (QED) is 0.679. The minimum atomic E-state index is -0.138. The van der Waals surface area contributed by atoms with E-state index in [1.807, 2.05) is 19.1 Å². The Hall–Kier alpha value is -1.22. The third kappa shape index (κ3) is 1.79. The van der Waals surface area contributed by atoms with Crippen molar-refractivity contribution in [3.8, 4) is 5.75 Å². The van der Waals surface area contributed by atoms with Crippen LogP contribution in [-0.4, -0.2) is 19.1 Å². The molecule has 3 nitrogen and oxygen atoms in total. The summed E-state index contributed by atoms with van der Waals surface area (Å²) in [5.41, 5.74) is 0.733. The maximum absolute atomic E-state index is 11.7. The van der Waals surface area contributed by atoms with Gasteiger partial charge in [-0.15, -0.1) is 0 Å². The molecule has 80 valence electrons. The van der Waals surface area contributed by atoms with E-state index >= 15 is 0 Å². The Morgan fingerprint density at radius 2 is 2.27 bits per heavy atom. The molecule has 0 bridgehead atoms. The molecule has 1 heterocycles. The van der Waals surface area contributed by atoms with E-state index in [-0.39, 0.29) is 12.0 Å². The standard InChI is InChI=1S/C11H12ClNO2/c1-7-6-10(14)13(2)9-5-3-4-8(12)11(9)15-7/h3-5,7H,6H2,1-2H3. The summed E-state index contributed by atoms with van der Waals surface area (Å²) in [7, 11) is 1.74. The molecule has 1 unspecified atom stereocenters. The predicted octanol–water partition coefficient (Wildman–Crippen LogP) is 2.47. The molecular weight excluding hydrogens is 214 g/mol. The van der Waals surface area contributed by atoms with Gasteiger partial charge in [-0.2, -0.15) is 0 Å². The topological polar surface area (TPSA) is 29.5 Å². The fourth-order valence-electron chi connectivity index (χ4n) is 1.64. The fraction of sp³-hybridized carbons (Fsp3) is 0.364. The van der Waals surface area contributed by atoms with Crippen molar-refractivity contribution in [2.75, 3.05) is 11.9 Å². The number of hydrogen-bond acceptors (Lipinski definition) is 2. The molecule has 1 aromatic rings. The van der Waals surface area contributed by atoms with Gasteiger partial charge in [0.2, 0.25) is 5.91 Å². The van der Waals surface area contributed by atoms with Gasteiger partial charge in [-0.3, -0.25) is 4.79 Å². The third-order valence-electron chi connectivity index (χ3n) is 2.46. The SMILES string of the molecule is CC1CC(=O)N(C)c2cccc(Cl)c2O1. The monoisotopic (exact) mass is 225 g/mol. The highest BCUT2D eigenvalue weighted by Gasteiger charge is 2.25. The molecule has 1 aliphatic heterocycles. The summed E-state index contributed by atoms with van der Waals surface area (Å²) in [6.45, 7) is 1.87. The van der Waals surface area contributed by atoms with Gasteiger partial charge in [0.15, 0.2) is 5.75 Å². The first-order valence-electron chi connectivity index (χ1n) is 4.81. The fourth-order valence-corrected chi connectivity index (χ4v) is 1.85. The van der Waals surface area contributed by atoms with E-state index in [0.717, 1.165) is 5.69 Å². The number of benzene rings is 1. The molecule has 0 spiro atoms. The number of amides is 1. The average Bonchev–Trinajstić information content (AvgIpc) is 2.29. The Kier molecular flexibility index (Phi) is 2.57. The van der Waals surface area contributed by atoms with Crippen molar-refractivity contribution in [2.24, 2.45) is 0 Å². The zero-order valence-corrected chi connectivity index (χ0v) is 9.41. The van der Waals surface area contributed by atoms with Crippen LogP contribution in [0.1, 0.15) is 13.3 Å². The van der Waals surface area contributed by atoms with E-state index in [1.165, 1.54) is 0 Å². The van der Waals surface area contributed by atoms with Crippen molar-refractivity contribution in [3.63, 3.8) is 0 Å². The van der Waals surface area contributed by atoms with E-state index in [4.69, 9.17) is 16.3 Å². The van der Waals surface area contributed by atoms with Crippen LogP contribution in [0.2, 0.25) is 5.02 Å². The molecule has 4 heteroatoms. The summed E-state index contributed by atoms with van der Waals surface area (Å²) < 4.78 is 5.63. The van der Waals surface area contributed by atoms with Gasteiger partial charge in [0.1, 0.15) is 6.10 Å². The zero-order valence-electron chi connectivity index (χ0n) is 8.66. The lowest BCUT2D eigenvalue weighted by Crippen LogP contribution is -2.27. The van der Waals surface area contributed by atoms with Crippen LogP contribution >= 0.6 is 11.6 Å². The van der Waals surface area contributed by atoms with Crippen molar-refractivity contribution < 1.29 is 9.53 Å². The van der Waals surface area contributed by atoms with Crippen LogP contribution in [0.15, 0.2) is 18.2 Å². The lowest BCUT2D eigenvalue weighted by Gasteiger charge is -2.16. The Labute approximate surface area is 93.6 Å². The summed E-state index contributed by atoms with van der Waals surface area (Å²) >= 11 is 6.03. The average molecular weight is 226 g/mol. The maximum Gasteiger partial charge on any atom is 0.230 e. The summed E-state index contributed by atoms with van der Waals surface area (Å²) in [6, 6.07) is 5.40. The molecule has 0 aromatic heterocycles. The molecule has 2 rings (SSSR count). The number of para-hydroxylation sites is 1. The second kappa shape index (κ2) is 3.74. The molecule has 0 fully saturated rings. The summed E-state index contributed by atoms with van der Waals surface area (Å²) in [5, 5.41) is 0.543. The summed E-state index contributed by atoms with van der Waals surface area (Å²) in [4.78, 5) is 13.3. The highest BCUT2D eigenvalue weighted by atomic mass is 35.5. The molecule has 1 aliphatic rings. The highest BCUT2D eigenvalue weighted by molar-refractivity contribution is 6.32. The normalized spacial score (nSPS) is 20.6. The van der Waals surface area contributed by atoms with E-state index in [9.17, 15) is 4.79 Å². The molecule has 15 heavy (non-hydrogen) atoms. The number of fused-ring (bicyclic) bond motifs is 1. The minimum Gasteiger partial charge on any atom is -0.486 e. The van der Waals surface area contributed by atoms with E-state index < -0.39 is 0 Å². The second-order valence-corrected chi connectivity index (χ2v) is 4.08. The smallest absolute Gasteiger partial charge is 0.230 e.